The van der Waals surface area contributed by atoms with E-state index in [9.17, 15) is 19.8 Å². The van der Waals surface area contributed by atoms with Crippen molar-refractivity contribution >= 4 is 23.6 Å². The zero-order valence-electron chi connectivity index (χ0n) is 20.5. The summed E-state index contributed by atoms with van der Waals surface area (Å²) in [5, 5.41) is 19.3. The maximum Gasteiger partial charge on any atom is 0.415 e. The number of β-amino-alcohol motifs (C(OH)–C–C–N with tert-alkyl or cyclic N) is 1. The van der Waals surface area contributed by atoms with Crippen molar-refractivity contribution < 1.29 is 24.5 Å². The molecule has 0 saturated carbocycles. The third-order valence-electron chi connectivity index (χ3n) is 5.50. The number of carboxylic acids is 1. The molecule has 36 heavy (non-hydrogen) atoms. The minimum absolute atomic E-state index is 0.389. The second-order valence-corrected chi connectivity index (χ2v) is 9.57. The van der Waals surface area contributed by atoms with Crippen LogP contribution >= 0.6 is 0 Å². The summed E-state index contributed by atoms with van der Waals surface area (Å²) in [5.74, 6) is 0.0438. The second kappa shape index (κ2) is 10.3. The van der Waals surface area contributed by atoms with Crippen LogP contribution in [0.1, 0.15) is 27.2 Å². The Morgan fingerprint density at radius 2 is 1.89 bits per heavy atom. The van der Waals surface area contributed by atoms with E-state index in [4.69, 9.17) is 14.7 Å². The van der Waals surface area contributed by atoms with Crippen LogP contribution in [0.15, 0.2) is 54.9 Å². The summed E-state index contributed by atoms with van der Waals surface area (Å²) in [7, 11) is 0. The van der Waals surface area contributed by atoms with E-state index in [1.54, 1.807) is 57.4 Å². The quantitative estimate of drug-likeness (QED) is 0.531. The number of carbonyl (C=O) groups excluding carboxylic acids is 1. The number of ether oxygens (including phenoxy) is 1. The number of hydrogen-bond acceptors (Lipinski definition) is 8. The fraction of sp³-hybridized carbons (Fsp3) is 0.346. The Balaban J connectivity index is 1.69. The Morgan fingerprint density at radius 1 is 1.14 bits per heavy atom. The van der Waals surface area contributed by atoms with Crippen LogP contribution in [0.4, 0.5) is 16.3 Å². The molecule has 1 amide bonds. The molecule has 2 N–H and O–H groups in total. The smallest absolute Gasteiger partial charge is 0.415 e. The number of amides is 1. The van der Waals surface area contributed by atoms with Gasteiger partial charge in [-0.2, -0.15) is 0 Å². The lowest BCUT2D eigenvalue weighted by molar-refractivity contribution is -0.135. The molecule has 0 radical (unpaired) electrons. The fourth-order valence-electron chi connectivity index (χ4n) is 3.84. The Labute approximate surface area is 209 Å². The van der Waals surface area contributed by atoms with Crippen molar-refractivity contribution in [2.24, 2.45) is 0 Å². The van der Waals surface area contributed by atoms with Gasteiger partial charge < -0.3 is 19.8 Å². The fourth-order valence-corrected chi connectivity index (χ4v) is 3.84. The van der Waals surface area contributed by atoms with Gasteiger partial charge in [0, 0.05) is 48.4 Å². The lowest BCUT2D eigenvalue weighted by atomic mass is 10.1. The molecule has 0 unspecified atom stereocenters. The van der Waals surface area contributed by atoms with Gasteiger partial charge in [-0.25, -0.2) is 14.8 Å². The number of aliphatic carboxylic acids is 1. The molecular weight excluding hydrogens is 462 g/mol. The van der Waals surface area contributed by atoms with E-state index in [1.807, 2.05) is 23.1 Å². The number of benzene rings is 1. The molecule has 10 nitrogen and oxygen atoms in total. The normalized spacial score (nSPS) is 15.6. The molecule has 10 heteroatoms. The van der Waals surface area contributed by atoms with Gasteiger partial charge in [0.05, 0.1) is 11.8 Å². The van der Waals surface area contributed by atoms with Gasteiger partial charge >= 0.3 is 12.1 Å². The van der Waals surface area contributed by atoms with Crippen molar-refractivity contribution in [2.45, 2.75) is 38.9 Å². The topological polar surface area (TPSA) is 129 Å². The molecule has 4 rings (SSSR count). The third kappa shape index (κ3) is 6.14. The van der Waals surface area contributed by atoms with Gasteiger partial charge in [0.15, 0.2) is 5.82 Å². The number of anilines is 2. The van der Waals surface area contributed by atoms with E-state index in [2.05, 4.69) is 4.98 Å². The molecule has 1 aliphatic heterocycles. The molecule has 2 aromatic heterocycles. The number of hydrogen-bond donors (Lipinski definition) is 2. The van der Waals surface area contributed by atoms with Gasteiger partial charge in [0.1, 0.15) is 18.0 Å². The van der Waals surface area contributed by atoms with Gasteiger partial charge in [0.2, 0.25) is 0 Å². The van der Waals surface area contributed by atoms with E-state index in [0.29, 0.717) is 42.5 Å². The number of nitrogens with zero attached hydrogens (tertiary/aromatic N) is 5. The molecular formula is C26H29N5O5. The number of aliphatic hydroxyl groups excluding tert-OH is 1. The standard InChI is InChI=1S/C26H29N5O5/c1-26(2,3)36-25(35)31(16-23(33)34)19-8-6-17(7-9-19)21-13-22(30-12-10-20(32)15-30)29-24(28-21)18-5-4-11-27-14-18/h4-9,11,13-14,20,32H,10,12,15-16H2,1-3H3,(H,33,34)/t20-/m0/s1. The highest BCUT2D eigenvalue weighted by atomic mass is 16.6. The first-order chi connectivity index (χ1) is 17.1. The molecule has 1 saturated heterocycles. The summed E-state index contributed by atoms with van der Waals surface area (Å²) in [6.45, 7) is 5.80. The predicted molar refractivity (Wildman–Crippen MR) is 135 cm³/mol. The monoisotopic (exact) mass is 491 g/mol. The van der Waals surface area contributed by atoms with Crippen LogP contribution in [0.5, 0.6) is 0 Å². The molecule has 1 aromatic carbocycles. The van der Waals surface area contributed by atoms with E-state index in [1.165, 1.54) is 0 Å². The van der Waals surface area contributed by atoms with Gasteiger partial charge in [-0.1, -0.05) is 12.1 Å². The number of carbonyl (C=O) groups is 2. The largest absolute Gasteiger partial charge is 0.480 e. The maximum atomic E-state index is 12.7. The zero-order chi connectivity index (χ0) is 25.9. The molecule has 0 bridgehead atoms. The number of aromatic nitrogens is 3. The lowest BCUT2D eigenvalue weighted by Gasteiger charge is -2.26. The van der Waals surface area contributed by atoms with Crippen molar-refractivity contribution in [2.75, 3.05) is 29.4 Å². The van der Waals surface area contributed by atoms with Crippen LogP contribution in [-0.2, 0) is 9.53 Å². The highest BCUT2D eigenvalue weighted by molar-refractivity contribution is 5.93. The van der Waals surface area contributed by atoms with Gasteiger partial charge in [-0.05, 0) is 51.5 Å². The van der Waals surface area contributed by atoms with E-state index >= 15 is 0 Å². The van der Waals surface area contributed by atoms with Crippen molar-refractivity contribution in [1.29, 1.82) is 0 Å². The first kappa shape index (κ1) is 25.1. The van der Waals surface area contributed by atoms with Gasteiger partial charge in [0.25, 0.3) is 0 Å². The number of carboxylic acid groups (broad SMARTS) is 1. The van der Waals surface area contributed by atoms with E-state index in [-0.39, 0.29) is 0 Å². The van der Waals surface area contributed by atoms with Crippen molar-refractivity contribution in [3.8, 4) is 22.6 Å². The number of rotatable bonds is 6. The Hall–Kier alpha value is -4.05. The lowest BCUT2D eigenvalue weighted by Crippen LogP contribution is -2.40. The zero-order valence-corrected chi connectivity index (χ0v) is 20.5. The Kier molecular flexibility index (Phi) is 7.16. The second-order valence-electron chi connectivity index (χ2n) is 9.57. The van der Waals surface area contributed by atoms with Crippen LogP contribution in [0.3, 0.4) is 0 Å². The molecule has 3 heterocycles. The molecule has 1 fully saturated rings. The van der Waals surface area contributed by atoms with Crippen LogP contribution in [-0.4, -0.2) is 68.6 Å². The SMILES string of the molecule is CC(C)(C)OC(=O)N(CC(=O)O)c1ccc(-c2cc(N3CC[C@H](O)C3)nc(-c3cccnc3)n2)cc1. The summed E-state index contributed by atoms with van der Waals surface area (Å²) < 4.78 is 5.39. The van der Waals surface area contributed by atoms with Crippen molar-refractivity contribution in [1.82, 2.24) is 15.0 Å². The molecule has 1 atom stereocenters. The average molecular weight is 492 g/mol. The van der Waals surface area contributed by atoms with E-state index < -0.39 is 30.3 Å². The average Bonchev–Trinajstić information content (AvgIpc) is 3.28. The van der Waals surface area contributed by atoms with Crippen LogP contribution in [0.25, 0.3) is 22.6 Å². The first-order valence-electron chi connectivity index (χ1n) is 11.6. The molecule has 0 aliphatic carbocycles. The molecule has 0 spiro atoms. The molecule has 1 aliphatic rings. The minimum Gasteiger partial charge on any atom is -0.480 e. The third-order valence-corrected chi connectivity index (χ3v) is 5.50. The van der Waals surface area contributed by atoms with Crippen LogP contribution in [0, 0.1) is 0 Å². The summed E-state index contributed by atoms with van der Waals surface area (Å²) in [6.07, 6.45) is 2.89. The number of pyridine rings is 1. The van der Waals surface area contributed by atoms with Crippen LogP contribution in [0.2, 0.25) is 0 Å². The highest BCUT2D eigenvalue weighted by Gasteiger charge is 2.26. The summed E-state index contributed by atoms with van der Waals surface area (Å²) in [4.78, 5) is 40.8. The first-order valence-corrected chi connectivity index (χ1v) is 11.6. The maximum absolute atomic E-state index is 12.7. The highest BCUT2D eigenvalue weighted by Crippen LogP contribution is 2.29. The summed E-state index contributed by atoms with van der Waals surface area (Å²) >= 11 is 0. The summed E-state index contributed by atoms with van der Waals surface area (Å²) in [5.41, 5.74) is 1.78. The van der Waals surface area contributed by atoms with Gasteiger partial charge in [-0.15, -0.1) is 0 Å². The summed E-state index contributed by atoms with van der Waals surface area (Å²) in [6, 6.07) is 12.4. The molecule has 188 valence electrons. The van der Waals surface area contributed by atoms with E-state index in [0.717, 1.165) is 16.0 Å². The van der Waals surface area contributed by atoms with Crippen molar-refractivity contribution in [3.05, 3.63) is 54.9 Å². The predicted octanol–water partition coefficient (Wildman–Crippen LogP) is 3.60. The Morgan fingerprint density at radius 3 is 2.47 bits per heavy atom. The van der Waals surface area contributed by atoms with Crippen LogP contribution < -0.4 is 9.80 Å². The number of aliphatic hydroxyl groups is 1. The minimum atomic E-state index is -1.15. The van der Waals surface area contributed by atoms with Crippen molar-refractivity contribution in [3.63, 3.8) is 0 Å². The van der Waals surface area contributed by atoms with Gasteiger partial charge in [-0.3, -0.25) is 14.7 Å². The molecule has 3 aromatic rings. The Bertz CT molecular complexity index is 1230.